The van der Waals surface area contributed by atoms with Crippen LogP contribution in [0.3, 0.4) is 0 Å². The average Bonchev–Trinajstić information content (AvgIpc) is 2.76. The molecule has 0 radical (unpaired) electrons. The van der Waals surface area contributed by atoms with Gasteiger partial charge in [-0.3, -0.25) is 4.79 Å². The van der Waals surface area contributed by atoms with Crippen molar-refractivity contribution in [1.29, 1.82) is 0 Å². The summed E-state index contributed by atoms with van der Waals surface area (Å²) >= 11 is 0. The molecule has 29 heavy (non-hydrogen) atoms. The zero-order valence-electron chi connectivity index (χ0n) is 16.3. The zero-order chi connectivity index (χ0) is 20.8. The van der Waals surface area contributed by atoms with Crippen molar-refractivity contribution in [3.8, 4) is 28.7 Å². The van der Waals surface area contributed by atoms with Gasteiger partial charge in [0.2, 0.25) is 5.75 Å². The number of anilines is 1. The largest absolute Gasteiger partial charge is 0.493 e. The summed E-state index contributed by atoms with van der Waals surface area (Å²) in [5.74, 6) is 1.02. The first-order valence-electron chi connectivity index (χ1n) is 8.72. The van der Waals surface area contributed by atoms with E-state index in [0.29, 0.717) is 47.6 Å². The highest BCUT2D eigenvalue weighted by atomic mass is 16.6. The molecule has 0 saturated heterocycles. The lowest BCUT2D eigenvalue weighted by Crippen LogP contribution is -2.21. The predicted octanol–water partition coefficient (Wildman–Crippen LogP) is 2.28. The Morgan fingerprint density at radius 2 is 1.59 bits per heavy atom. The normalized spacial score (nSPS) is 12.0. The monoisotopic (exact) mass is 403 g/mol. The van der Waals surface area contributed by atoms with Crippen molar-refractivity contribution >= 4 is 17.6 Å². The third-order valence-corrected chi connectivity index (χ3v) is 4.06. The van der Waals surface area contributed by atoms with E-state index in [9.17, 15) is 9.59 Å². The van der Waals surface area contributed by atoms with E-state index in [1.165, 1.54) is 27.4 Å². The minimum Gasteiger partial charge on any atom is -0.493 e. The van der Waals surface area contributed by atoms with Gasteiger partial charge in [-0.2, -0.15) is 0 Å². The summed E-state index contributed by atoms with van der Waals surface area (Å²) in [5.41, 5.74) is 0.662. The number of nitrogens with one attached hydrogen (secondary N) is 1. The molecule has 9 nitrogen and oxygen atoms in total. The van der Waals surface area contributed by atoms with Crippen LogP contribution in [-0.4, -0.2) is 53.0 Å². The van der Waals surface area contributed by atoms with Gasteiger partial charge in [-0.25, -0.2) is 4.79 Å². The van der Waals surface area contributed by atoms with Crippen LogP contribution in [-0.2, 0) is 9.53 Å². The van der Waals surface area contributed by atoms with E-state index in [-0.39, 0.29) is 5.56 Å². The van der Waals surface area contributed by atoms with Gasteiger partial charge < -0.3 is 33.7 Å². The highest BCUT2D eigenvalue weighted by Crippen LogP contribution is 2.39. The van der Waals surface area contributed by atoms with Crippen LogP contribution < -0.4 is 29.0 Å². The summed E-state index contributed by atoms with van der Waals surface area (Å²) in [6.45, 7) is 0.393. The zero-order valence-corrected chi connectivity index (χ0v) is 16.3. The number of hydrogen-bond donors (Lipinski definition) is 1. The summed E-state index contributed by atoms with van der Waals surface area (Å²) in [6, 6.07) is 7.84. The van der Waals surface area contributed by atoms with Crippen LogP contribution in [0.25, 0.3) is 0 Å². The van der Waals surface area contributed by atoms with Gasteiger partial charge in [-0.1, -0.05) is 0 Å². The molecule has 0 atom stereocenters. The van der Waals surface area contributed by atoms with E-state index in [4.69, 9.17) is 28.4 Å². The fraction of sp³-hybridized carbons (Fsp3) is 0.300. The molecule has 9 heteroatoms. The first kappa shape index (κ1) is 20.1. The minimum absolute atomic E-state index is 0.259. The summed E-state index contributed by atoms with van der Waals surface area (Å²) < 4.78 is 31.6. The molecule has 2 aromatic rings. The maximum absolute atomic E-state index is 12.2. The number of rotatable bonds is 7. The van der Waals surface area contributed by atoms with Crippen LogP contribution >= 0.6 is 0 Å². The van der Waals surface area contributed by atoms with Crippen LogP contribution in [0, 0.1) is 0 Å². The van der Waals surface area contributed by atoms with Crippen LogP contribution in [0.15, 0.2) is 30.3 Å². The Kier molecular flexibility index (Phi) is 6.28. The van der Waals surface area contributed by atoms with E-state index in [0.717, 1.165) is 0 Å². The van der Waals surface area contributed by atoms with Crippen molar-refractivity contribution in [2.75, 3.05) is 46.5 Å². The van der Waals surface area contributed by atoms with E-state index >= 15 is 0 Å². The molecule has 154 valence electrons. The molecule has 0 bridgehead atoms. The predicted molar refractivity (Wildman–Crippen MR) is 102 cm³/mol. The molecule has 0 aromatic heterocycles. The highest BCUT2D eigenvalue weighted by molar-refractivity contribution is 5.96. The molecule has 0 saturated carbocycles. The molecule has 1 aliphatic heterocycles. The van der Waals surface area contributed by atoms with E-state index in [2.05, 4.69) is 5.32 Å². The number of esters is 1. The number of ether oxygens (including phenoxy) is 6. The maximum Gasteiger partial charge on any atom is 0.338 e. The first-order valence-corrected chi connectivity index (χ1v) is 8.72. The molecule has 0 aliphatic carbocycles. The van der Waals surface area contributed by atoms with Crippen molar-refractivity contribution in [1.82, 2.24) is 0 Å². The molecule has 1 N–H and O–H groups in total. The standard InChI is InChI=1S/C20H21NO8/c1-24-16-9-13(10-17(25-2)19(16)26-3)21-18(22)11-29-20(23)12-4-5-14-15(8-12)28-7-6-27-14/h4-5,8-10H,6-7,11H2,1-3H3,(H,21,22). The van der Waals surface area contributed by atoms with Crippen molar-refractivity contribution in [2.45, 2.75) is 0 Å². The SMILES string of the molecule is COc1cc(NC(=O)COC(=O)c2ccc3c(c2)OCCO3)cc(OC)c1OC. The molecule has 0 unspecified atom stereocenters. The Labute approximate surface area is 167 Å². The number of carbonyl (C=O) groups excluding carboxylic acids is 2. The third kappa shape index (κ3) is 4.63. The topological polar surface area (TPSA) is 102 Å². The number of amides is 1. The van der Waals surface area contributed by atoms with E-state index < -0.39 is 18.5 Å². The molecular formula is C20H21NO8. The second-order valence-corrected chi connectivity index (χ2v) is 5.90. The lowest BCUT2D eigenvalue weighted by atomic mass is 10.2. The lowest BCUT2D eigenvalue weighted by Gasteiger charge is -2.18. The Morgan fingerprint density at radius 1 is 0.931 bits per heavy atom. The highest BCUT2D eigenvalue weighted by Gasteiger charge is 2.18. The van der Waals surface area contributed by atoms with Gasteiger partial charge in [-0.15, -0.1) is 0 Å². The first-order chi connectivity index (χ1) is 14.0. The minimum atomic E-state index is -0.651. The Morgan fingerprint density at radius 3 is 2.21 bits per heavy atom. The molecule has 2 aromatic carbocycles. The van der Waals surface area contributed by atoms with Crippen molar-refractivity contribution < 1.29 is 38.0 Å². The number of benzene rings is 2. The van der Waals surface area contributed by atoms with E-state index in [1.807, 2.05) is 0 Å². The Bertz CT molecular complexity index is 886. The second-order valence-electron chi connectivity index (χ2n) is 5.90. The molecule has 1 amide bonds. The number of fused-ring (bicyclic) bond motifs is 1. The van der Waals surface area contributed by atoms with Crippen molar-refractivity contribution in [2.24, 2.45) is 0 Å². The number of methoxy groups -OCH3 is 3. The molecule has 0 fully saturated rings. The molecular weight excluding hydrogens is 382 g/mol. The van der Waals surface area contributed by atoms with Crippen LogP contribution in [0.1, 0.15) is 10.4 Å². The fourth-order valence-corrected chi connectivity index (χ4v) is 2.74. The van der Waals surface area contributed by atoms with Gasteiger partial charge in [-0.05, 0) is 18.2 Å². The molecule has 3 rings (SSSR count). The van der Waals surface area contributed by atoms with Gasteiger partial charge in [0.1, 0.15) is 13.2 Å². The van der Waals surface area contributed by atoms with Crippen LogP contribution in [0.5, 0.6) is 28.7 Å². The van der Waals surface area contributed by atoms with Gasteiger partial charge in [0, 0.05) is 17.8 Å². The Balaban J connectivity index is 1.62. The Hall–Kier alpha value is -3.62. The van der Waals surface area contributed by atoms with Gasteiger partial charge in [0.05, 0.1) is 26.9 Å². The van der Waals surface area contributed by atoms with Crippen molar-refractivity contribution in [3.63, 3.8) is 0 Å². The summed E-state index contributed by atoms with van der Waals surface area (Å²) in [6.07, 6.45) is 0. The van der Waals surface area contributed by atoms with Gasteiger partial charge >= 0.3 is 5.97 Å². The van der Waals surface area contributed by atoms with Crippen LogP contribution in [0.4, 0.5) is 5.69 Å². The molecule has 1 aliphatic rings. The smallest absolute Gasteiger partial charge is 0.338 e. The maximum atomic E-state index is 12.2. The van der Waals surface area contributed by atoms with Gasteiger partial charge in [0.15, 0.2) is 29.6 Å². The van der Waals surface area contributed by atoms with Crippen molar-refractivity contribution in [3.05, 3.63) is 35.9 Å². The summed E-state index contributed by atoms with van der Waals surface area (Å²) in [7, 11) is 4.42. The molecule has 0 spiro atoms. The third-order valence-electron chi connectivity index (χ3n) is 4.06. The van der Waals surface area contributed by atoms with Gasteiger partial charge in [0.25, 0.3) is 5.91 Å². The average molecular weight is 403 g/mol. The number of carbonyl (C=O) groups is 2. The summed E-state index contributed by atoms with van der Waals surface area (Å²) in [5, 5.41) is 2.62. The fourth-order valence-electron chi connectivity index (χ4n) is 2.74. The second kappa shape index (κ2) is 9.05. The molecule has 1 heterocycles. The lowest BCUT2D eigenvalue weighted by molar-refractivity contribution is -0.119. The van der Waals surface area contributed by atoms with E-state index in [1.54, 1.807) is 24.3 Å². The quantitative estimate of drug-likeness (QED) is 0.703. The number of hydrogen-bond acceptors (Lipinski definition) is 8. The van der Waals surface area contributed by atoms with Crippen LogP contribution in [0.2, 0.25) is 0 Å². The summed E-state index contributed by atoms with van der Waals surface area (Å²) in [4.78, 5) is 24.4.